The highest BCUT2D eigenvalue weighted by atomic mass is 16.5. The molecular weight excluding hydrogens is 264 g/mol. The summed E-state index contributed by atoms with van der Waals surface area (Å²) in [7, 11) is 1.71. The van der Waals surface area contributed by atoms with Gasteiger partial charge in [0, 0.05) is 25.7 Å². The van der Waals surface area contributed by atoms with E-state index in [1.807, 2.05) is 6.07 Å². The Morgan fingerprint density at radius 3 is 2.67 bits per heavy atom. The van der Waals surface area contributed by atoms with Gasteiger partial charge in [-0.2, -0.15) is 0 Å². The van der Waals surface area contributed by atoms with Crippen molar-refractivity contribution in [2.75, 3.05) is 33.3 Å². The number of likely N-dealkylation sites (N-methyl/N-ethyl adjacent to an activating group) is 1. The minimum Gasteiger partial charge on any atom is -0.497 e. The second-order valence-electron chi connectivity index (χ2n) is 5.86. The van der Waals surface area contributed by atoms with Gasteiger partial charge >= 0.3 is 0 Å². The maximum atomic E-state index is 5.82. The quantitative estimate of drug-likeness (QED) is 0.873. The topological polar surface area (TPSA) is 33.7 Å². The van der Waals surface area contributed by atoms with Gasteiger partial charge in [0.25, 0.3) is 0 Å². The third-order valence-corrected chi connectivity index (χ3v) is 3.88. The van der Waals surface area contributed by atoms with Crippen LogP contribution in [0.3, 0.4) is 0 Å². The molecule has 4 nitrogen and oxygen atoms in total. The summed E-state index contributed by atoms with van der Waals surface area (Å²) in [4.78, 5) is 2.49. The van der Waals surface area contributed by atoms with Crippen molar-refractivity contribution in [3.63, 3.8) is 0 Å². The molecule has 1 aliphatic rings. The van der Waals surface area contributed by atoms with Gasteiger partial charge in [0.05, 0.1) is 19.3 Å². The van der Waals surface area contributed by atoms with Gasteiger partial charge in [0.1, 0.15) is 5.75 Å². The van der Waals surface area contributed by atoms with Crippen LogP contribution in [0, 0.1) is 0 Å². The van der Waals surface area contributed by atoms with Crippen LogP contribution in [0.25, 0.3) is 0 Å². The minimum absolute atomic E-state index is 0.307. The highest BCUT2D eigenvalue weighted by Gasteiger charge is 2.24. The minimum atomic E-state index is 0.307. The Hall–Kier alpha value is -1.10. The van der Waals surface area contributed by atoms with Crippen molar-refractivity contribution in [3.8, 4) is 5.75 Å². The Bertz CT molecular complexity index is 429. The van der Waals surface area contributed by atoms with Gasteiger partial charge in [-0.25, -0.2) is 0 Å². The van der Waals surface area contributed by atoms with Crippen LogP contribution in [0.15, 0.2) is 24.3 Å². The first-order valence-electron chi connectivity index (χ1n) is 7.87. The maximum absolute atomic E-state index is 5.82. The van der Waals surface area contributed by atoms with Crippen LogP contribution in [0.1, 0.15) is 32.4 Å². The fourth-order valence-electron chi connectivity index (χ4n) is 3.08. The predicted molar refractivity (Wildman–Crippen MR) is 85.9 cm³/mol. The molecule has 1 aromatic rings. The van der Waals surface area contributed by atoms with E-state index in [1.165, 1.54) is 5.56 Å². The second kappa shape index (κ2) is 7.78. The maximum Gasteiger partial charge on any atom is 0.119 e. The molecule has 3 unspecified atom stereocenters. The van der Waals surface area contributed by atoms with E-state index in [2.05, 4.69) is 49.2 Å². The molecule has 1 aliphatic heterocycles. The summed E-state index contributed by atoms with van der Waals surface area (Å²) in [5.41, 5.74) is 1.28. The molecule has 1 aromatic carbocycles. The lowest BCUT2D eigenvalue weighted by molar-refractivity contribution is -0.0699. The Balaban J connectivity index is 2.07. The van der Waals surface area contributed by atoms with E-state index in [0.29, 0.717) is 18.2 Å². The molecule has 3 atom stereocenters. The fraction of sp³-hybridized carbons (Fsp3) is 0.647. The van der Waals surface area contributed by atoms with Crippen LogP contribution in [-0.2, 0) is 4.74 Å². The van der Waals surface area contributed by atoms with E-state index < -0.39 is 0 Å². The van der Waals surface area contributed by atoms with Gasteiger partial charge in [-0.1, -0.05) is 19.1 Å². The van der Waals surface area contributed by atoms with Crippen LogP contribution in [0.5, 0.6) is 5.75 Å². The summed E-state index contributed by atoms with van der Waals surface area (Å²) in [6.45, 7) is 10.4. The molecule has 2 rings (SSSR count). The summed E-state index contributed by atoms with van der Waals surface area (Å²) >= 11 is 0. The van der Waals surface area contributed by atoms with Crippen LogP contribution >= 0.6 is 0 Å². The lowest BCUT2D eigenvalue weighted by atomic mass is 10.0. The average molecular weight is 292 g/mol. The number of nitrogens with one attached hydrogen (secondary N) is 1. The van der Waals surface area contributed by atoms with Gasteiger partial charge in [0.2, 0.25) is 0 Å². The lowest BCUT2D eigenvalue weighted by Crippen LogP contribution is -2.48. The van der Waals surface area contributed by atoms with Crippen molar-refractivity contribution < 1.29 is 9.47 Å². The number of benzene rings is 1. The van der Waals surface area contributed by atoms with Crippen molar-refractivity contribution in [2.24, 2.45) is 0 Å². The number of hydrogen-bond donors (Lipinski definition) is 1. The second-order valence-corrected chi connectivity index (χ2v) is 5.86. The smallest absolute Gasteiger partial charge is 0.119 e. The Labute approximate surface area is 128 Å². The van der Waals surface area contributed by atoms with Crippen LogP contribution in [0.4, 0.5) is 0 Å². The molecule has 0 saturated carbocycles. The number of methoxy groups -OCH3 is 1. The standard InChI is InChI=1S/C17H28N2O2/c1-5-18-17(15-7-6-8-16(9-15)20-4)12-19-10-13(2)21-14(3)11-19/h6-9,13-14,17-18H,5,10-12H2,1-4H3. The molecule has 0 aliphatic carbocycles. The molecule has 1 heterocycles. The zero-order valence-electron chi connectivity index (χ0n) is 13.6. The fourth-order valence-corrected chi connectivity index (χ4v) is 3.08. The Kier molecular flexibility index (Phi) is 6.03. The first-order chi connectivity index (χ1) is 10.1. The van der Waals surface area contributed by atoms with Crippen molar-refractivity contribution >= 4 is 0 Å². The van der Waals surface area contributed by atoms with E-state index in [1.54, 1.807) is 7.11 Å². The van der Waals surface area contributed by atoms with Crippen molar-refractivity contribution in [1.82, 2.24) is 10.2 Å². The summed E-state index contributed by atoms with van der Waals surface area (Å²) in [6, 6.07) is 8.67. The highest BCUT2D eigenvalue weighted by molar-refractivity contribution is 5.30. The number of morpholine rings is 1. The zero-order valence-corrected chi connectivity index (χ0v) is 13.6. The monoisotopic (exact) mass is 292 g/mol. The van der Waals surface area contributed by atoms with Crippen LogP contribution in [-0.4, -0.2) is 50.4 Å². The molecule has 1 saturated heterocycles. The first-order valence-corrected chi connectivity index (χ1v) is 7.87. The highest BCUT2D eigenvalue weighted by Crippen LogP contribution is 2.21. The van der Waals surface area contributed by atoms with Gasteiger partial charge < -0.3 is 14.8 Å². The van der Waals surface area contributed by atoms with Gasteiger partial charge in [-0.05, 0) is 38.1 Å². The Morgan fingerprint density at radius 2 is 2.05 bits per heavy atom. The van der Waals surface area contributed by atoms with Gasteiger partial charge in [-0.3, -0.25) is 4.90 Å². The van der Waals surface area contributed by atoms with E-state index in [0.717, 1.165) is 31.9 Å². The van der Waals surface area contributed by atoms with E-state index in [-0.39, 0.29) is 0 Å². The molecular formula is C17H28N2O2. The van der Waals surface area contributed by atoms with E-state index in [9.17, 15) is 0 Å². The molecule has 0 amide bonds. The average Bonchev–Trinajstić information content (AvgIpc) is 2.46. The van der Waals surface area contributed by atoms with Gasteiger partial charge in [-0.15, -0.1) is 0 Å². The number of hydrogen-bond acceptors (Lipinski definition) is 4. The Morgan fingerprint density at radius 1 is 1.33 bits per heavy atom. The van der Waals surface area contributed by atoms with E-state index in [4.69, 9.17) is 9.47 Å². The first kappa shape index (κ1) is 16.3. The summed E-state index contributed by atoms with van der Waals surface area (Å²) in [5, 5.41) is 3.59. The summed E-state index contributed by atoms with van der Waals surface area (Å²) < 4.78 is 11.2. The predicted octanol–water partition coefficient (Wildman–Crippen LogP) is 2.46. The van der Waals surface area contributed by atoms with Crippen LogP contribution < -0.4 is 10.1 Å². The number of rotatable bonds is 6. The SMILES string of the molecule is CCNC(CN1CC(C)OC(C)C1)c1cccc(OC)c1. The van der Waals surface area contributed by atoms with E-state index >= 15 is 0 Å². The molecule has 21 heavy (non-hydrogen) atoms. The molecule has 1 N–H and O–H groups in total. The molecule has 0 aromatic heterocycles. The summed E-state index contributed by atoms with van der Waals surface area (Å²) in [5.74, 6) is 0.916. The summed E-state index contributed by atoms with van der Waals surface area (Å²) in [6.07, 6.45) is 0.614. The molecule has 0 bridgehead atoms. The van der Waals surface area contributed by atoms with Crippen molar-refractivity contribution in [2.45, 2.75) is 39.0 Å². The number of nitrogens with zero attached hydrogens (tertiary/aromatic N) is 1. The lowest BCUT2D eigenvalue weighted by Gasteiger charge is -2.37. The molecule has 0 spiro atoms. The van der Waals surface area contributed by atoms with Crippen LogP contribution in [0.2, 0.25) is 0 Å². The molecule has 4 heteroatoms. The largest absolute Gasteiger partial charge is 0.497 e. The zero-order chi connectivity index (χ0) is 15.2. The van der Waals surface area contributed by atoms with Crippen molar-refractivity contribution in [3.05, 3.63) is 29.8 Å². The third kappa shape index (κ3) is 4.70. The molecule has 118 valence electrons. The van der Waals surface area contributed by atoms with Crippen molar-refractivity contribution in [1.29, 1.82) is 0 Å². The molecule has 0 radical (unpaired) electrons. The van der Waals surface area contributed by atoms with Gasteiger partial charge in [0.15, 0.2) is 0 Å². The number of ether oxygens (including phenoxy) is 2. The molecule has 1 fully saturated rings. The normalized spacial score (nSPS) is 24.8. The third-order valence-electron chi connectivity index (χ3n) is 3.88.